The van der Waals surface area contributed by atoms with Crippen molar-refractivity contribution >= 4 is 35.7 Å². The Balaban J connectivity index is 2.43. The van der Waals surface area contributed by atoms with Crippen molar-refractivity contribution in [3.63, 3.8) is 0 Å². The highest BCUT2D eigenvalue weighted by Gasteiger charge is 2.10. The maximum absolute atomic E-state index is 11.3. The summed E-state index contributed by atoms with van der Waals surface area (Å²) >= 11 is 9.93. The molecule has 2 rings (SSSR count). The SMILES string of the molecule is Nc1c(N)n(Cc2ccc(Cl)cc2)c(S)nc1=O. The number of thiol groups is 1. The van der Waals surface area contributed by atoms with Crippen LogP contribution in [0.5, 0.6) is 0 Å². The number of halogens is 1. The Morgan fingerprint density at radius 3 is 2.50 bits per heavy atom. The van der Waals surface area contributed by atoms with Crippen LogP contribution in [-0.4, -0.2) is 9.55 Å². The first-order valence-corrected chi connectivity index (χ1v) is 5.90. The van der Waals surface area contributed by atoms with Crippen LogP contribution in [0, 0.1) is 0 Å². The third-order valence-corrected chi connectivity index (χ3v) is 3.09. The van der Waals surface area contributed by atoms with E-state index in [0.717, 1.165) is 5.56 Å². The Morgan fingerprint density at radius 1 is 1.28 bits per heavy atom. The zero-order valence-electron chi connectivity index (χ0n) is 9.30. The second-order valence-electron chi connectivity index (χ2n) is 3.73. The Hall–Kier alpha value is -1.66. The minimum absolute atomic E-state index is 0.0678. The van der Waals surface area contributed by atoms with Crippen LogP contribution in [0.25, 0.3) is 0 Å². The summed E-state index contributed by atoms with van der Waals surface area (Å²) in [5.74, 6) is 0.162. The number of nitrogens with two attached hydrogens (primary N) is 2. The van der Waals surface area contributed by atoms with Gasteiger partial charge in [0.25, 0.3) is 5.56 Å². The number of hydrogen-bond acceptors (Lipinski definition) is 5. The second kappa shape index (κ2) is 4.91. The summed E-state index contributed by atoms with van der Waals surface area (Å²) in [5, 5.41) is 0.872. The number of nitrogen functional groups attached to an aromatic ring is 2. The predicted octanol–water partition coefficient (Wildman–Crippen LogP) is 1.40. The average molecular weight is 283 g/mol. The van der Waals surface area contributed by atoms with Gasteiger partial charge in [0.05, 0.1) is 6.54 Å². The number of anilines is 2. The van der Waals surface area contributed by atoms with Crippen LogP contribution in [0.1, 0.15) is 5.56 Å². The van der Waals surface area contributed by atoms with Gasteiger partial charge in [-0.05, 0) is 17.7 Å². The number of hydrogen-bond donors (Lipinski definition) is 3. The Bertz CT molecular complexity index is 639. The molecule has 0 aliphatic carbocycles. The molecular formula is C11H11ClN4OS. The summed E-state index contributed by atoms with van der Waals surface area (Å²) in [7, 11) is 0. The first-order chi connectivity index (χ1) is 8.49. The normalized spacial score (nSPS) is 10.6. The van der Waals surface area contributed by atoms with Gasteiger partial charge in [-0.15, -0.1) is 12.6 Å². The lowest BCUT2D eigenvalue weighted by Gasteiger charge is -2.13. The molecule has 0 spiro atoms. The van der Waals surface area contributed by atoms with Crippen molar-refractivity contribution < 1.29 is 0 Å². The van der Waals surface area contributed by atoms with Gasteiger partial charge in [-0.3, -0.25) is 4.79 Å². The number of nitrogens with zero attached hydrogens (tertiary/aromatic N) is 2. The van der Waals surface area contributed by atoms with E-state index in [4.69, 9.17) is 23.1 Å². The molecule has 0 unspecified atom stereocenters. The lowest BCUT2D eigenvalue weighted by atomic mass is 10.2. The number of aromatic nitrogens is 2. The highest BCUT2D eigenvalue weighted by Crippen LogP contribution is 2.17. The van der Waals surface area contributed by atoms with Crippen molar-refractivity contribution in [3.8, 4) is 0 Å². The van der Waals surface area contributed by atoms with Crippen LogP contribution >= 0.6 is 24.2 Å². The van der Waals surface area contributed by atoms with Gasteiger partial charge in [-0.2, -0.15) is 4.98 Å². The second-order valence-corrected chi connectivity index (χ2v) is 4.56. The largest absolute Gasteiger partial charge is 0.391 e. The third-order valence-electron chi connectivity index (χ3n) is 2.49. The van der Waals surface area contributed by atoms with E-state index in [-0.39, 0.29) is 16.7 Å². The van der Waals surface area contributed by atoms with Gasteiger partial charge < -0.3 is 16.0 Å². The zero-order chi connectivity index (χ0) is 13.3. The van der Waals surface area contributed by atoms with Crippen LogP contribution in [-0.2, 0) is 6.54 Å². The van der Waals surface area contributed by atoms with Crippen LogP contribution in [0.3, 0.4) is 0 Å². The smallest absolute Gasteiger partial charge is 0.299 e. The molecule has 1 aromatic carbocycles. The predicted molar refractivity (Wildman–Crippen MR) is 75.1 cm³/mol. The van der Waals surface area contributed by atoms with Crippen molar-refractivity contribution in [1.29, 1.82) is 0 Å². The molecule has 4 N–H and O–H groups in total. The molecule has 0 aliphatic rings. The molecule has 0 atom stereocenters. The minimum Gasteiger partial charge on any atom is -0.391 e. The van der Waals surface area contributed by atoms with E-state index in [1.807, 2.05) is 12.1 Å². The molecular weight excluding hydrogens is 272 g/mol. The van der Waals surface area contributed by atoms with Crippen molar-refractivity contribution in [2.75, 3.05) is 11.5 Å². The fourth-order valence-electron chi connectivity index (χ4n) is 1.50. The fourth-order valence-corrected chi connectivity index (χ4v) is 1.90. The molecule has 0 radical (unpaired) electrons. The summed E-state index contributed by atoms with van der Waals surface area (Å²) in [6, 6.07) is 7.24. The fraction of sp³-hybridized carbons (Fsp3) is 0.0909. The van der Waals surface area contributed by atoms with E-state index in [1.165, 1.54) is 0 Å². The van der Waals surface area contributed by atoms with Gasteiger partial charge in [-0.25, -0.2) is 0 Å². The summed E-state index contributed by atoms with van der Waals surface area (Å²) in [6.45, 7) is 0.416. The number of rotatable bonds is 2. The molecule has 18 heavy (non-hydrogen) atoms. The molecule has 1 heterocycles. The maximum atomic E-state index is 11.3. The third kappa shape index (κ3) is 2.44. The Morgan fingerprint density at radius 2 is 1.89 bits per heavy atom. The van der Waals surface area contributed by atoms with Crippen LogP contribution in [0.2, 0.25) is 5.02 Å². The molecule has 0 bridgehead atoms. The van der Waals surface area contributed by atoms with Crippen LogP contribution < -0.4 is 17.0 Å². The summed E-state index contributed by atoms with van der Waals surface area (Å²) < 4.78 is 1.56. The molecule has 0 amide bonds. The monoisotopic (exact) mass is 282 g/mol. The van der Waals surface area contributed by atoms with E-state index in [1.54, 1.807) is 16.7 Å². The van der Waals surface area contributed by atoms with Gasteiger partial charge in [0.15, 0.2) is 5.16 Å². The average Bonchev–Trinajstić information content (AvgIpc) is 2.34. The van der Waals surface area contributed by atoms with E-state index in [9.17, 15) is 4.79 Å². The highest BCUT2D eigenvalue weighted by molar-refractivity contribution is 7.80. The summed E-state index contributed by atoms with van der Waals surface area (Å²) in [6.07, 6.45) is 0. The Labute approximate surface area is 114 Å². The molecule has 2 aromatic rings. The molecule has 1 aromatic heterocycles. The lowest BCUT2D eigenvalue weighted by Crippen LogP contribution is -2.22. The minimum atomic E-state index is -0.565. The van der Waals surface area contributed by atoms with Crippen LogP contribution in [0.15, 0.2) is 34.2 Å². The van der Waals surface area contributed by atoms with Gasteiger partial charge in [-0.1, -0.05) is 23.7 Å². The van der Waals surface area contributed by atoms with E-state index < -0.39 is 5.56 Å². The molecule has 0 saturated carbocycles. The first kappa shape index (κ1) is 12.8. The molecule has 7 heteroatoms. The van der Waals surface area contributed by atoms with Gasteiger partial charge in [0.2, 0.25) is 0 Å². The van der Waals surface area contributed by atoms with Crippen molar-refractivity contribution in [2.24, 2.45) is 0 Å². The standard InChI is InChI=1S/C11H11ClN4OS/c12-7-3-1-6(2-4-7)5-16-9(14)8(13)10(17)15-11(16)18/h1-4H,5,13-14H2,(H,15,17,18). The van der Waals surface area contributed by atoms with Crippen LogP contribution in [0.4, 0.5) is 11.5 Å². The number of benzene rings is 1. The zero-order valence-corrected chi connectivity index (χ0v) is 10.9. The van der Waals surface area contributed by atoms with Gasteiger partial charge in [0.1, 0.15) is 11.5 Å². The maximum Gasteiger partial charge on any atom is 0.299 e. The van der Waals surface area contributed by atoms with Gasteiger partial charge in [0, 0.05) is 5.02 Å². The quantitative estimate of drug-likeness (QED) is 0.574. The molecule has 5 nitrogen and oxygen atoms in total. The molecule has 0 aliphatic heterocycles. The van der Waals surface area contributed by atoms with Crippen molar-refractivity contribution in [2.45, 2.75) is 11.7 Å². The summed E-state index contributed by atoms with van der Waals surface area (Å²) in [5.41, 5.74) is 11.7. The van der Waals surface area contributed by atoms with E-state index in [2.05, 4.69) is 17.6 Å². The van der Waals surface area contributed by atoms with Crippen molar-refractivity contribution in [1.82, 2.24) is 9.55 Å². The molecule has 0 fully saturated rings. The lowest BCUT2D eigenvalue weighted by molar-refractivity contribution is 0.680. The molecule has 94 valence electrons. The van der Waals surface area contributed by atoms with E-state index in [0.29, 0.717) is 11.6 Å². The topological polar surface area (TPSA) is 86.9 Å². The van der Waals surface area contributed by atoms with Gasteiger partial charge >= 0.3 is 0 Å². The summed E-state index contributed by atoms with van der Waals surface area (Å²) in [4.78, 5) is 15.0. The van der Waals surface area contributed by atoms with E-state index >= 15 is 0 Å². The van der Waals surface area contributed by atoms with Crippen molar-refractivity contribution in [3.05, 3.63) is 45.2 Å². The highest BCUT2D eigenvalue weighted by atomic mass is 35.5. The first-order valence-electron chi connectivity index (χ1n) is 5.08. The molecule has 0 saturated heterocycles. The Kier molecular flexibility index (Phi) is 3.49.